The molecule has 80 valence electrons. The molecule has 0 heterocycles. The van der Waals surface area contributed by atoms with Crippen molar-refractivity contribution in [3.8, 4) is 0 Å². The molecule has 0 aliphatic heterocycles. The smallest absolute Gasteiger partial charge is 0.158 e. The predicted octanol–water partition coefficient (Wildman–Crippen LogP) is 1.90. The van der Waals surface area contributed by atoms with Crippen molar-refractivity contribution in [3.63, 3.8) is 0 Å². The molecule has 0 aliphatic rings. The molecule has 0 aromatic carbocycles. The molecule has 1 atom stereocenters. The summed E-state index contributed by atoms with van der Waals surface area (Å²) in [6.07, 6.45) is 3.98. The van der Waals surface area contributed by atoms with Gasteiger partial charge in [-0.1, -0.05) is 20.3 Å². The molecule has 0 aromatic heterocycles. The van der Waals surface area contributed by atoms with E-state index >= 15 is 0 Å². The summed E-state index contributed by atoms with van der Waals surface area (Å²) in [6, 6.07) is 0. The van der Waals surface area contributed by atoms with E-state index in [0.717, 1.165) is 38.9 Å². The average molecular weight is 189 g/mol. The van der Waals surface area contributed by atoms with Gasteiger partial charge < -0.3 is 15.2 Å². The molecule has 0 bridgehead atoms. The number of hydrogen-bond acceptors (Lipinski definition) is 3. The Hall–Kier alpha value is -0.120. The summed E-state index contributed by atoms with van der Waals surface area (Å²) in [5, 5.41) is 0. The van der Waals surface area contributed by atoms with Gasteiger partial charge in [-0.25, -0.2) is 0 Å². The minimum absolute atomic E-state index is 0.0866. The molecule has 0 saturated heterocycles. The topological polar surface area (TPSA) is 44.5 Å². The van der Waals surface area contributed by atoms with Crippen LogP contribution in [-0.4, -0.2) is 26.0 Å². The van der Waals surface area contributed by atoms with Crippen molar-refractivity contribution in [2.75, 3.05) is 19.8 Å². The fraction of sp³-hybridized carbons (Fsp3) is 1.00. The highest BCUT2D eigenvalue weighted by molar-refractivity contribution is 4.46. The lowest BCUT2D eigenvalue weighted by Gasteiger charge is -2.17. The molecule has 13 heavy (non-hydrogen) atoms. The number of ether oxygens (including phenoxy) is 2. The lowest BCUT2D eigenvalue weighted by Crippen LogP contribution is -2.22. The molecule has 3 nitrogen and oxygen atoms in total. The first-order valence-electron chi connectivity index (χ1n) is 5.28. The van der Waals surface area contributed by atoms with Crippen LogP contribution in [0.25, 0.3) is 0 Å². The van der Waals surface area contributed by atoms with Gasteiger partial charge in [0.05, 0.1) is 0 Å². The largest absolute Gasteiger partial charge is 0.353 e. The van der Waals surface area contributed by atoms with Gasteiger partial charge in [-0.2, -0.15) is 0 Å². The molecule has 0 aliphatic carbocycles. The van der Waals surface area contributed by atoms with E-state index in [4.69, 9.17) is 15.2 Å². The van der Waals surface area contributed by atoms with Crippen LogP contribution in [0.5, 0.6) is 0 Å². The van der Waals surface area contributed by atoms with E-state index in [9.17, 15) is 0 Å². The van der Waals surface area contributed by atoms with Gasteiger partial charge in [-0.05, 0) is 19.4 Å². The SMILES string of the molecule is CCCCOC(CCN)OCCC. The fourth-order valence-corrected chi connectivity index (χ4v) is 0.959. The maximum Gasteiger partial charge on any atom is 0.158 e. The van der Waals surface area contributed by atoms with Crippen molar-refractivity contribution in [1.82, 2.24) is 0 Å². The zero-order chi connectivity index (χ0) is 9.94. The summed E-state index contributed by atoms with van der Waals surface area (Å²) in [5.74, 6) is 0. The lowest BCUT2D eigenvalue weighted by molar-refractivity contribution is -0.144. The van der Waals surface area contributed by atoms with Gasteiger partial charge in [0.15, 0.2) is 6.29 Å². The second-order valence-electron chi connectivity index (χ2n) is 3.10. The van der Waals surface area contributed by atoms with Gasteiger partial charge >= 0.3 is 0 Å². The zero-order valence-corrected chi connectivity index (χ0v) is 8.92. The molecular formula is C10H23NO2. The summed E-state index contributed by atoms with van der Waals surface area (Å²) in [4.78, 5) is 0. The van der Waals surface area contributed by atoms with E-state index < -0.39 is 0 Å². The number of nitrogens with two attached hydrogens (primary N) is 1. The molecule has 0 rings (SSSR count). The third-order valence-corrected chi connectivity index (χ3v) is 1.71. The summed E-state index contributed by atoms with van der Waals surface area (Å²) < 4.78 is 11.0. The number of hydrogen-bond donors (Lipinski definition) is 1. The predicted molar refractivity (Wildman–Crippen MR) is 54.6 cm³/mol. The van der Waals surface area contributed by atoms with Crippen LogP contribution in [-0.2, 0) is 9.47 Å². The fourth-order valence-electron chi connectivity index (χ4n) is 0.959. The Balaban J connectivity index is 3.41. The quantitative estimate of drug-likeness (QED) is 0.445. The van der Waals surface area contributed by atoms with Crippen molar-refractivity contribution >= 4 is 0 Å². The van der Waals surface area contributed by atoms with Crippen LogP contribution in [0, 0.1) is 0 Å². The maximum atomic E-state index is 5.52. The summed E-state index contributed by atoms with van der Waals surface area (Å²) in [6.45, 7) is 6.40. The summed E-state index contributed by atoms with van der Waals surface area (Å²) >= 11 is 0. The van der Waals surface area contributed by atoms with Crippen LogP contribution in [0.1, 0.15) is 39.5 Å². The molecule has 0 fully saturated rings. The summed E-state index contributed by atoms with van der Waals surface area (Å²) in [5.41, 5.74) is 5.45. The van der Waals surface area contributed by atoms with Gasteiger partial charge in [0.2, 0.25) is 0 Å². The van der Waals surface area contributed by atoms with E-state index in [2.05, 4.69) is 13.8 Å². The maximum absolute atomic E-state index is 5.52. The molecular weight excluding hydrogens is 166 g/mol. The Morgan fingerprint density at radius 3 is 2.31 bits per heavy atom. The van der Waals surface area contributed by atoms with Gasteiger partial charge in [-0.3, -0.25) is 0 Å². The molecule has 0 spiro atoms. The normalized spacial score (nSPS) is 13.2. The lowest BCUT2D eigenvalue weighted by atomic mass is 10.3. The van der Waals surface area contributed by atoms with Gasteiger partial charge in [-0.15, -0.1) is 0 Å². The second kappa shape index (κ2) is 9.96. The monoisotopic (exact) mass is 189 g/mol. The van der Waals surface area contributed by atoms with Gasteiger partial charge in [0.1, 0.15) is 0 Å². The second-order valence-corrected chi connectivity index (χ2v) is 3.10. The molecule has 2 N–H and O–H groups in total. The molecule has 0 aromatic rings. The van der Waals surface area contributed by atoms with E-state index in [1.54, 1.807) is 0 Å². The highest BCUT2D eigenvalue weighted by atomic mass is 16.7. The van der Waals surface area contributed by atoms with Crippen LogP contribution in [0.4, 0.5) is 0 Å². The highest BCUT2D eigenvalue weighted by Gasteiger charge is 2.06. The van der Waals surface area contributed by atoms with Gasteiger partial charge in [0.25, 0.3) is 0 Å². The van der Waals surface area contributed by atoms with Gasteiger partial charge in [0, 0.05) is 19.6 Å². The van der Waals surface area contributed by atoms with Crippen molar-refractivity contribution in [2.24, 2.45) is 5.73 Å². The molecule has 0 saturated carbocycles. The Labute approximate surface area is 81.6 Å². The minimum Gasteiger partial charge on any atom is -0.353 e. The van der Waals surface area contributed by atoms with E-state index in [1.165, 1.54) is 0 Å². The Morgan fingerprint density at radius 2 is 1.77 bits per heavy atom. The first kappa shape index (κ1) is 12.9. The Kier molecular flexibility index (Phi) is 9.87. The third kappa shape index (κ3) is 8.22. The first-order valence-corrected chi connectivity index (χ1v) is 5.28. The molecule has 1 unspecified atom stereocenters. The third-order valence-electron chi connectivity index (χ3n) is 1.71. The highest BCUT2D eigenvalue weighted by Crippen LogP contribution is 2.02. The van der Waals surface area contributed by atoms with Crippen molar-refractivity contribution in [3.05, 3.63) is 0 Å². The number of unbranched alkanes of at least 4 members (excludes halogenated alkanes) is 1. The Bertz CT molecular complexity index is 98.9. The standard InChI is InChI=1S/C10H23NO2/c1-3-5-9-13-10(6-7-11)12-8-4-2/h10H,3-9,11H2,1-2H3. The van der Waals surface area contributed by atoms with E-state index in [0.29, 0.717) is 6.54 Å². The molecule has 0 radical (unpaired) electrons. The number of rotatable bonds is 9. The molecule has 3 heteroatoms. The van der Waals surface area contributed by atoms with Crippen LogP contribution in [0.3, 0.4) is 0 Å². The van der Waals surface area contributed by atoms with E-state index in [-0.39, 0.29) is 6.29 Å². The van der Waals surface area contributed by atoms with Crippen LogP contribution in [0.15, 0.2) is 0 Å². The molecule has 0 amide bonds. The van der Waals surface area contributed by atoms with Crippen LogP contribution < -0.4 is 5.73 Å². The van der Waals surface area contributed by atoms with E-state index in [1.807, 2.05) is 0 Å². The van der Waals surface area contributed by atoms with Crippen molar-refractivity contribution in [1.29, 1.82) is 0 Å². The van der Waals surface area contributed by atoms with Crippen LogP contribution in [0.2, 0.25) is 0 Å². The van der Waals surface area contributed by atoms with Crippen LogP contribution >= 0.6 is 0 Å². The summed E-state index contributed by atoms with van der Waals surface area (Å²) in [7, 11) is 0. The van der Waals surface area contributed by atoms with Crippen molar-refractivity contribution in [2.45, 2.75) is 45.8 Å². The van der Waals surface area contributed by atoms with Crippen molar-refractivity contribution < 1.29 is 9.47 Å². The first-order chi connectivity index (χ1) is 6.35. The Morgan fingerprint density at radius 1 is 1.08 bits per heavy atom. The zero-order valence-electron chi connectivity index (χ0n) is 8.92. The minimum atomic E-state index is -0.0866. The average Bonchev–Trinajstić information content (AvgIpc) is 2.14.